The number of ketones is 1. The summed E-state index contributed by atoms with van der Waals surface area (Å²) in [7, 11) is 0. The van der Waals surface area contributed by atoms with Crippen molar-refractivity contribution in [2.45, 2.75) is 38.1 Å². The molecule has 2 aliphatic heterocycles. The fourth-order valence-electron chi connectivity index (χ4n) is 4.77. The number of carbonyl (C=O) groups is 3. The Labute approximate surface area is 125 Å². The van der Waals surface area contributed by atoms with Crippen molar-refractivity contribution >= 4 is 17.7 Å². The van der Waals surface area contributed by atoms with Crippen LogP contribution in [0.15, 0.2) is 11.6 Å². The minimum Gasteiger partial charge on any atom is -0.462 e. The van der Waals surface area contributed by atoms with Crippen molar-refractivity contribution in [3.63, 3.8) is 0 Å². The zero-order valence-electron chi connectivity index (χ0n) is 12.2. The number of rotatable bonds is 0. The molecule has 6 atom stereocenters. The summed E-state index contributed by atoms with van der Waals surface area (Å²) in [6.45, 7) is 3.15. The first kappa shape index (κ1) is 13.9. The molecule has 0 aromatic heterocycles. The largest absolute Gasteiger partial charge is 0.462 e. The lowest BCUT2D eigenvalue weighted by Gasteiger charge is -2.57. The molecule has 1 saturated carbocycles. The quantitative estimate of drug-likeness (QED) is 0.558. The Morgan fingerprint density at radius 3 is 2.68 bits per heavy atom. The van der Waals surface area contributed by atoms with Crippen LogP contribution >= 0.6 is 0 Å². The van der Waals surface area contributed by atoms with Gasteiger partial charge in [-0.1, -0.05) is 6.92 Å². The number of aliphatic hydroxyl groups excluding tert-OH is 1. The lowest BCUT2D eigenvalue weighted by Crippen LogP contribution is -2.71. The molecule has 2 heterocycles. The summed E-state index contributed by atoms with van der Waals surface area (Å²) < 4.78 is 10.2. The fraction of sp³-hybridized carbons (Fsp3) is 0.667. The van der Waals surface area contributed by atoms with Crippen LogP contribution in [0.4, 0.5) is 0 Å². The van der Waals surface area contributed by atoms with E-state index in [2.05, 4.69) is 0 Å². The van der Waals surface area contributed by atoms with Gasteiger partial charge in [0.15, 0.2) is 11.9 Å². The minimum absolute atomic E-state index is 0.0276. The summed E-state index contributed by atoms with van der Waals surface area (Å²) in [5.74, 6) is -2.62. The predicted molar refractivity (Wildman–Crippen MR) is 69.2 cm³/mol. The van der Waals surface area contributed by atoms with E-state index in [1.165, 1.54) is 6.08 Å². The molecule has 0 aromatic rings. The number of hydrogen-bond acceptors (Lipinski definition) is 7. The fourth-order valence-corrected chi connectivity index (χ4v) is 4.77. The molecule has 2 N–H and O–H groups in total. The highest BCUT2D eigenvalue weighted by molar-refractivity contribution is 6.00. The van der Waals surface area contributed by atoms with Gasteiger partial charge in [-0.3, -0.25) is 4.79 Å². The van der Waals surface area contributed by atoms with E-state index < -0.39 is 46.5 Å². The number of allylic oxidation sites excluding steroid dienone is 1. The third kappa shape index (κ3) is 1.10. The van der Waals surface area contributed by atoms with Crippen LogP contribution in [0.1, 0.15) is 20.3 Å². The highest BCUT2D eigenvalue weighted by Gasteiger charge is 2.78. The lowest BCUT2D eigenvalue weighted by atomic mass is 9.49. The van der Waals surface area contributed by atoms with Crippen LogP contribution in [0.2, 0.25) is 0 Å². The molecule has 0 unspecified atom stereocenters. The van der Waals surface area contributed by atoms with Crippen LogP contribution in [0.3, 0.4) is 0 Å². The molecule has 0 amide bonds. The summed E-state index contributed by atoms with van der Waals surface area (Å²) in [5, 5.41) is 21.4. The van der Waals surface area contributed by atoms with E-state index in [4.69, 9.17) is 9.47 Å². The molecule has 4 aliphatic rings. The smallest absolute Gasteiger partial charge is 0.343 e. The molecule has 7 heteroatoms. The molecule has 22 heavy (non-hydrogen) atoms. The van der Waals surface area contributed by atoms with E-state index in [0.717, 1.165) is 0 Å². The van der Waals surface area contributed by atoms with Crippen LogP contribution in [0.25, 0.3) is 0 Å². The second-order valence-electron chi connectivity index (χ2n) is 6.93. The molecule has 2 bridgehead atoms. The predicted octanol–water partition coefficient (Wildman–Crippen LogP) is -0.898. The summed E-state index contributed by atoms with van der Waals surface area (Å²) >= 11 is 0. The Morgan fingerprint density at radius 1 is 1.32 bits per heavy atom. The minimum atomic E-state index is -2.03. The van der Waals surface area contributed by atoms with Gasteiger partial charge in [-0.15, -0.1) is 0 Å². The van der Waals surface area contributed by atoms with E-state index in [9.17, 15) is 24.6 Å². The average Bonchev–Trinajstić information content (AvgIpc) is 2.87. The highest BCUT2D eigenvalue weighted by atomic mass is 16.6. The van der Waals surface area contributed by atoms with Gasteiger partial charge >= 0.3 is 11.9 Å². The zero-order valence-corrected chi connectivity index (χ0v) is 12.2. The van der Waals surface area contributed by atoms with Gasteiger partial charge in [0.1, 0.15) is 12.7 Å². The van der Waals surface area contributed by atoms with Gasteiger partial charge in [0.25, 0.3) is 0 Å². The third-order valence-corrected chi connectivity index (χ3v) is 6.19. The standard InChI is InChI=1S/C15H16O7/c1-6-7(16)3-8-13(2)5-21-12(19)15(13,20)9-4-14(6,8)10(17)11(18)22-9/h3,6,9-10,17,20H,4-5H2,1-2H3/t6-,9+,10+,13-,14+,15+/m0/s1. The Morgan fingerprint density at radius 2 is 2.00 bits per heavy atom. The van der Waals surface area contributed by atoms with Crippen LogP contribution in [0, 0.1) is 16.7 Å². The van der Waals surface area contributed by atoms with Crippen molar-refractivity contribution in [2.75, 3.05) is 6.61 Å². The molecule has 0 aromatic carbocycles. The van der Waals surface area contributed by atoms with Crippen molar-refractivity contribution < 1.29 is 34.1 Å². The van der Waals surface area contributed by atoms with Crippen molar-refractivity contribution in [3.05, 3.63) is 11.6 Å². The van der Waals surface area contributed by atoms with E-state index in [1.807, 2.05) is 0 Å². The first-order valence-corrected chi connectivity index (χ1v) is 7.24. The average molecular weight is 308 g/mol. The van der Waals surface area contributed by atoms with Gasteiger partial charge in [-0.2, -0.15) is 0 Å². The molecular weight excluding hydrogens is 292 g/mol. The van der Waals surface area contributed by atoms with Gasteiger partial charge in [0, 0.05) is 17.8 Å². The number of hydrogen-bond donors (Lipinski definition) is 2. The zero-order chi connectivity index (χ0) is 16.1. The van der Waals surface area contributed by atoms with Crippen LogP contribution in [-0.2, 0) is 23.9 Å². The maximum atomic E-state index is 12.3. The number of carbonyl (C=O) groups excluding carboxylic acids is 3. The topological polar surface area (TPSA) is 110 Å². The van der Waals surface area contributed by atoms with Crippen molar-refractivity contribution in [3.8, 4) is 0 Å². The second kappa shape index (κ2) is 3.60. The molecule has 1 spiro atoms. The monoisotopic (exact) mass is 308 g/mol. The van der Waals surface area contributed by atoms with Gasteiger partial charge in [-0.25, -0.2) is 9.59 Å². The Hall–Kier alpha value is -1.73. The normalized spacial score (nSPS) is 52.6. The van der Waals surface area contributed by atoms with Crippen LogP contribution < -0.4 is 0 Å². The molecule has 0 radical (unpaired) electrons. The van der Waals surface area contributed by atoms with Gasteiger partial charge in [0.05, 0.1) is 5.41 Å². The maximum absolute atomic E-state index is 12.3. The van der Waals surface area contributed by atoms with Crippen LogP contribution in [-0.4, -0.2) is 52.4 Å². The maximum Gasteiger partial charge on any atom is 0.343 e. The number of cyclic esters (lactones) is 1. The summed E-state index contributed by atoms with van der Waals surface area (Å²) in [6, 6.07) is 0. The highest BCUT2D eigenvalue weighted by Crippen LogP contribution is 2.66. The van der Waals surface area contributed by atoms with E-state index in [1.54, 1.807) is 13.8 Å². The molecule has 118 valence electrons. The van der Waals surface area contributed by atoms with Crippen LogP contribution in [0.5, 0.6) is 0 Å². The Bertz CT molecular complexity index is 667. The number of fused-ring (bicyclic) bond motifs is 4. The Kier molecular flexibility index (Phi) is 2.27. The number of aliphatic hydroxyl groups is 2. The first-order chi connectivity index (χ1) is 10.2. The number of ether oxygens (including phenoxy) is 2. The molecule has 7 nitrogen and oxygen atoms in total. The number of esters is 2. The molecular formula is C15H16O7. The van der Waals surface area contributed by atoms with Crippen molar-refractivity contribution in [2.24, 2.45) is 16.7 Å². The summed E-state index contributed by atoms with van der Waals surface area (Å²) in [4.78, 5) is 36.5. The first-order valence-electron chi connectivity index (χ1n) is 7.24. The second-order valence-corrected chi connectivity index (χ2v) is 6.93. The van der Waals surface area contributed by atoms with E-state index in [0.29, 0.717) is 5.57 Å². The van der Waals surface area contributed by atoms with Crippen molar-refractivity contribution in [1.82, 2.24) is 0 Å². The van der Waals surface area contributed by atoms with E-state index >= 15 is 0 Å². The molecule has 3 fully saturated rings. The van der Waals surface area contributed by atoms with Crippen molar-refractivity contribution in [1.29, 1.82) is 0 Å². The summed E-state index contributed by atoms with van der Waals surface area (Å²) in [6.07, 6.45) is -1.24. The van der Waals surface area contributed by atoms with E-state index in [-0.39, 0.29) is 18.8 Å². The summed E-state index contributed by atoms with van der Waals surface area (Å²) in [5.41, 5.74) is -3.94. The van der Waals surface area contributed by atoms with Gasteiger partial charge in [-0.05, 0) is 18.6 Å². The third-order valence-electron chi connectivity index (χ3n) is 6.19. The molecule has 4 rings (SSSR count). The molecule has 2 saturated heterocycles. The molecule has 2 aliphatic carbocycles. The SMILES string of the molecule is C[C@H]1C(=O)C=C2[C@@]13C[C@@H](OC(=O)[C@H]3O)[C@@]1(O)C(=O)OC[C@@]21C. The lowest BCUT2D eigenvalue weighted by molar-refractivity contribution is -0.232. The van der Waals surface area contributed by atoms with Gasteiger partial charge < -0.3 is 19.7 Å². The Balaban J connectivity index is 2.02. The van der Waals surface area contributed by atoms with Gasteiger partial charge in [0.2, 0.25) is 5.60 Å².